The van der Waals surface area contributed by atoms with Crippen molar-refractivity contribution in [3.63, 3.8) is 0 Å². The Morgan fingerprint density at radius 3 is 2.57 bits per heavy atom. The Bertz CT molecular complexity index is 415. The van der Waals surface area contributed by atoms with Gasteiger partial charge in [-0.2, -0.15) is 0 Å². The van der Waals surface area contributed by atoms with E-state index in [1.54, 1.807) is 17.8 Å². The van der Waals surface area contributed by atoms with Gasteiger partial charge in [0.2, 0.25) is 0 Å². The highest BCUT2D eigenvalue weighted by atomic mass is 19.2. The van der Waals surface area contributed by atoms with Gasteiger partial charge in [-0.3, -0.25) is 4.98 Å². The number of nitrogens with one attached hydrogen (secondary N) is 1. The van der Waals surface area contributed by atoms with E-state index in [2.05, 4.69) is 4.98 Å². The summed E-state index contributed by atoms with van der Waals surface area (Å²) in [7, 11) is 0. The number of aromatic nitrogens is 1. The Morgan fingerprint density at radius 1 is 1.07 bits per heavy atom. The van der Waals surface area contributed by atoms with Crippen molar-refractivity contribution in [3.8, 4) is 11.1 Å². The summed E-state index contributed by atoms with van der Waals surface area (Å²) in [6, 6.07) is 11.4. The van der Waals surface area contributed by atoms with Gasteiger partial charge in [0.05, 0.1) is 11.9 Å². The molecule has 70 valence electrons. The summed E-state index contributed by atoms with van der Waals surface area (Å²) in [5.74, 6) is 0. The molecule has 2 rings (SSSR count). The van der Waals surface area contributed by atoms with Crippen molar-refractivity contribution >= 4 is 5.69 Å². The maximum Gasteiger partial charge on any atom is 0.0917 e. The van der Waals surface area contributed by atoms with Crippen LogP contribution in [0.4, 0.5) is 10.2 Å². The molecule has 3 heteroatoms. The molecular formula is C11H9FN2. The Kier molecular flexibility index (Phi) is 2.40. The number of benzene rings is 1. The average molecular weight is 188 g/mol. The van der Waals surface area contributed by atoms with Crippen molar-refractivity contribution in [2.24, 2.45) is 0 Å². The lowest BCUT2D eigenvalue weighted by Gasteiger charge is -2.05. The average Bonchev–Trinajstić information content (AvgIpc) is 2.30. The van der Waals surface area contributed by atoms with Crippen LogP contribution in [-0.4, -0.2) is 4.98 Å². The van der Waals surface area contributed by atoms with E-state index in [0.717, 1.165) is 11.1 Å². The topological polar surface area (TPSA) is 24.9 Å². The minimum absolute atomic E-state index is 0.388. The number of halogens is 1. The molecule has 0 unspecified atom stereocenters. The van der Waals surface area contributed by atoms with Gasteiger partial charge in [0.25, 0.3) is 0 Å². The molecule has 0 amide bonds. The van der Waals surface area contributed by atoms with Crippen molar-refractivity contribution < 1.29 is 4.48 Å². The van der Waals surface area contributed by atoms with Gasteiger partial charge in [-0.1, -0.05) is 30.3 Å². The fourth-order valence-corrected chi connectivity index (χ4v) is 1.34. The molecule has 0 saturated heterocycles. The number of rotatable bonds is 2. The van der Waals surface area contributed by atoms with Gasteiger partial charge < -0.3 is 0 Å². The molecule has 0 aliphatic heterocycles. The van der Waals surface area contributed by atoms with Gasteiger partial charge in [0, 0.05) is 11.8 Å². The normalized spacial score (nSPS) is 9.79. The highest BCUT2D eigenvalue weighted by molar-refractivity contribution is 5.76. The third-order valence-electron chi connectivity index (χ3n) is 2.01. The van der Waals surface area contributed by atoms with Gasteiger partial charge in [-0.05, 0) is 11.6 Å². The van der Waals surface area contributed by atoms with E-state index in [4.69, 9.17) is 0 Å². The molecule has 2 aromatic rings. The first kappa shape index (κ1) is 8.69. The smallest absolute Gasteiger partial charge is 0.0917 e. The fourth-order valence-electron chi connectivity index (χ4n) is 1.34. The third-order valence-corrected chi connectivity index (χ3v) is 2.01. The first-order chi connectivity index (χ1) is 6.92. The molecule has 1 N–H and O–H groups in total. The molecule has 0 bridgehead atoms. The maximum absolute atomic E-state index is 12.4. The summed E-state index contributed by atoms with van der Waals surface area (Å²) >= 11 is 0. The Balaban J connectivity index is 2.51. The second-order valence-corrected chi connectivity index (χ2v) is 2.88. The van der Waals surface area contributed by atoms with Gasteiger partial charge in [-0.25, -0.2) is 5.54 Å². The molecule has 0 saturated carbocycles. The monoisotopic (exact) mass is 188 g/mol. The standard InChI is InChI=1S/C11H9FN2/c12-14-11-8-13-7-6-10(11)9-4-2-1-3-5-9/h1-8,14H. The second kappa shape index (κ2) is 3.87. The summed E-state index contributed by atoms with van der Waals surface area (Å²) < 4.78 is 12.4. The molecule has 0 radical (unpaired) electrons. The predicted octanol–water partition coefficient (Wildman–Crippen LogP) is 3.05. The van der Waals surface area contributed by atoms with Crippen LogP contribution < -0.4 is 5.54 Å². The van der Waals surface area contributed by atoms with Gasteiger partial charge in [-0.15, -0.1) is 4.48 Å². The number of pyridine rings is 1. The van der Waals surface area contributed by atoms with Crippen molar-refractivity contribution in [1.29, 1.82) is 0 Å². The molecule has 2 nitrogen and oxygen atoms in total. The molecule has 0 fully saturated rings. The minimum Gasteiger partial charge on any atom is -0.262 e. The van der Waals surface area contributed by atoms with Crippen LogP contribution >= 0.6 is 0 Å². The molecule has 0 spiro atoms. The van der Waals surface area contributed by atoms with E-state index < -0.39 is 0 Å². The zero-order valence-electron chi connectivity index (χ0n) is 7.44. The molecule has 0 aliphatic rings. The zero-order valence-corrected chi connectivity index (χ0v) is 7.44. The molecule has 1 aromatic heterocycles. The van der Waals surface area contributed by atoms with E-state index in [1.165, 1.54) is 6.20 Å². The maximum atomic E-state index is 12.4. The fraction of sp³-hybridized carbons (Fsp3) is 0. The lowest BCUT2D eigenvalue weighted by Crippen LogP contribution is -1.88. The number of hydrogen-bond acceptors (Lipinski definition) is 2. The highest BCUT2D eigenvalue weighted by Crippen LogP contribution is 2.26. The van der Waals surface area contributed by atoms with Crippen molar-refractivity contribution in [3.05, 3.63) is 48.8 Å². The zero-order chi connectivity index (χ0) is 9.80. The summed E-state index contributed by atoms with van der Waals surface area (Å²) in [4.78, 5) is 3.84. The molecule has 1 heterocycles. The van der Waals surface area contributed by atoms with E-state index in [-0.39, 0.29) is 0 Å². The van der Waals surface area contributed by atoms with E-state index >= 15 is 0 Å². The van der Waals surface area contributed by atoms with Crippen LogP contribution in [-0.2, 0) is 0 Å². The van der Waals surface area contributed by atoms with Crippen LogP contribution in [0.1, 0.15) is 0 Å². The van der Waals surface area contributed by atoms with Crippen molar-refractivity contribution in [2.45, 2.75) is 0 Å². The van der Waals surface area contributed by atoms with Crippen LogP contribution in [0.15, 0.2) is 48.8 Å². The first-order valence-electron chi connectivity index (χ1n) is 4.28. The second-order valence-electron chi connectivity index (χ2n) is 2.88. The van der Waals surface area contributed by atoms with E-state index in [1.807, 2.05) is 30.3 Å². The Hall–Kier alpha value is -1.90. The number of hydrogen-bond donors (Lipinski definition) is 1. The highest BCUT2D eigenvalue weighted by Gasteiger charge is 2.02. The van der Waals surface area contributed by atoms with Gasteiger partial charge in [0.1, 0.15) is 0 Å². The third kappa shape index (κ3) is 1.57. The molecule has 14 heavy (non-hydrogen) atoms. The summed E-state index contributed by atoms with van der Waals surface area (Å²) in [5.41, 5.74) is 3.80. The SMILES string of the molecule is FNc1cnccc1-c1ccccc1. The van der Waals surface area contributed by atoms with Crippen LogP contribution in [0.3, 0.4) is 0 Å². The lowest BCUT2D eigenvalue weighted by molar-refractivity contribution is 0.617. The summed E-state index contributed by atoms with van der Waals surface area (Å²) in [6.45, 7) is 0. The number of anilines is 1. The van der Waals surface area contributed by atoms with Crippen LogP contribution in [0.2, 0.25) is 0 Å². The van der Waals surface area contributed by atoms with Crippen LogP contribution in [0.25, 0.3) is 11.1 Å². The van der Waals surface area contributed by atoms with Gasteiger partial charge >= 0.3 is 0 Å². The molecular weight excluding hydrogens is 179 g/mol. The molecule has 0 atom stereocenters. The van der Waals surface area contributed by atoms with E-state index in [9.17, 15) is 4.48 Å². The minimum atomic E-state index is 0.388. The van der Waals surface area contributed by atoms with Gasteiger partial charge in [0.15, 0.2) is 0 Å². The van der Waals surface area contributed by atoms with E-state index in [0.29, 0.717) is 5.69 Å². The van der Waals surface area contributed by atoms with Crippen molar-refractivity contribution in [1.82, 2.24) is 4.98 Å². The largest absolute Gasteiger partial charge is 0.262 e. The van der Waals surface area contributed by atoms with Crippen LogP contribution in [0.5, 0.6) is 0 Å². The summed E-state index contributed by atoms with van der Waals surface area (Å²) in [6.07, 6.45) is 3.10. The molecule has 1 aromatic carbocycles. The predicted molar refractivity (Wildman–Crippen MR) is 54.4 cm³/mol. The Labute approximate surface area is 81.4 Å². The van der Waals surface area contributed by atoms with Crippen molar-refractivity contribution in [2.75, 3.05) is 5.54 Å². The first-order valence-corrected chi connectivity index (χ1v) is 4.28. The van der Waals surface area contributed by atoms with Crippen LogP contribution in [0, 0.1) is 0 Å². The summed E-state index contributed by atoms with van der Waals surface area (Å²) in [5, 5.41) is 0. The lowest BCUT2D eigenvalue weighted by atomic mass is 10.1. The quantitative estimate of drug-likeness (QED) is 0.732. The molecule has 0 aliphatic carbocycles. The number of nitrogens with zero attached hydrogens (tertiary/aromatic N) is 1. The Morgan fingerprint density at radius 2 is 1.86 bits per heavy atom.